The van der Waals surface area contributed by atoms with Crippen LogP contribution < -0.4 is 0 Å². The zero-order valence-corrected chi connectivity index (χ0v) is 15.8. The Morgan fingerprint density at radius 2 is 2.04 bits per heavy atom. The number of benzene rings is 1. The predicted octanol–water partition coefficient (Wildman–Crippen LogP) is 2.13. The van der Waals surface area contributed by atoms with Crippen LogP contribution in [0, 0.1) is 10.1 Å². The van der Waals surface area contributed by atoms with E-state index in [9.17, 15) is 24.5 Å². The number of nitro benzene ring substituents is 1. The van der Waals surface area contributed by atoms with Gasteiger partial charge >= 0.3 is 11.9 Å². The number of para-hydroxylation sites is 1. The third-order valence-corrected chi connectivity index (χ3v) is 4.56. The van der Waals surface area contributed by atoms with Crippen LogP contribution in [0.1, 0.15) is 12.5 Å². The molecule has 1 amide bonds. The third-order valence-electron chi connectivity index (χ3n) is 3.53. The molecule has 1 aromatic rings. The van der Waals surface area contributed by atoms with E-state index in [2.05, 4.69) is 0 Å². The van der Waals surface area contributed by atoms with E-state index in [0.717, 1.165) is 6.08 Å². The number of carbonyl (C=O) groups excluding carboxylic acids is 3. The van der Waals surface area contributed by atoms with Crippen LogP contribution in [0.25, 0.3) is 6.08 Å². The second kappa shape index (κ2) is 10.3. The Morgan fingerprint density at radius 1 is 1.29 bits per heavy atom. The summed E-state index contributed by atoms with van der Waals surface area (Å²) in [5.74, 6) is -1.26. The first kappa shape index (κ1) is 21.2. The topological polar surface area (TPSA) is 116 Å². The number of amides is 1. The van der Waals surface area contributed by atoms with Crippen LogP contribution in [0.5, 0.6) is 0 Å². The smallest absolute Gasteiger partial charge is 0.333 e. The molecule has 0 aliphatic carbocycles. The summed E-state index contributed by atoms with van der Waals surface area (Å²) in [7, 11) is 0. The van der Waals surface area contributed by atoms with Crippen molar-refractivity contribution in [3.8, 4) is 0 Å². The predicted molar refractivity (Wildman–Crippen MR) is 102 cm³/mol. The van der Waals surface area contributed by atoms with Crippen LogP contribution in [0.3, 0.4) is 0 Å². The Balaban J connectivity index is 1.90. The van der Waals surface area contributed by atoms with E-state index in [-0.39, 0.29) is 42.7 Å². The lowest BCUT2D eigenvalue weighted by Crippen LogP contribution is -2.29. The van der Waals surface area contributed by atoms with Gasteiger partial charge in [-0.3, -0.25) is 14.9 Å². The normalized spacial score (nSPS) is 15.2. The van der Waals surface area contributed by atoms with Crippen molar-refractivity contribution in [3.63, 3.8) is 0 Å². The number of thioether (sulfide) groups is 1. The number of nitro groups is 1. The molecule has 0 radical (unpaired) electrons. The Morgan fingerprint density at radius 3 is 2.75 bits per heavy atom. The lowest BCUT2D eigenvalue weighted by Gasteiger charge is -2.16. The maximum atomic E-state index is 11.9. The quantitative estimate of drug-likeness (QED) is 0.279. The van der Waals surface area contributed by atoms with Crippen LogP contribution in [0.15, 0.2) is 41.4 Å². The molecule has 1 aromatic carbocycles. The minimum absolute atomic E-state index is 0.0855. The largest absolute Gasteiger partial charge is 0.463 e. The van der Waals surface area contributed by atoms with E-state index >= 15 is 0 Å². The van der Waals surface area contributed by atoms with Crippen molar-refractivity contribution in [2.24, 2.45) is 0 Å². The Bertz CT molecular complexity index is 835. The van der Waals surface area contributed by atoms with Crippen molar-refractivity contribution in [1.29, 1.82) is 0 Å². The molecule has 1 aliphatic rings. The van der Waals surface area contributed by atoms with Gasteiger partial charge in [-0.2, -0.15) is 0 Å². The number of nitrogens with zero attached hydrogens (tertiary/aromatic N) is 2. The Hall–Kier alpha value is -3.14. The van der Waals surface area contributed by atoms with E-state index in [1.54, 1.807) is 13.0 Å². The molecule has 2 rings (SSSR count). The molecule has 10 heteroatoms. The lowest BCUT2D eigenvalue weighted by atomic mass is 10.1. The van der Waals surface area contributed by atoms with Crippen LogP contribution in [-0.4, -0.2) is 53.2 Å². The molecule has 1 fully saturated rings. The maximum absolute atomic E-state index is 11.9. The summed E-state index contributed by atoms with van der Waals surface area (Å²) < 4.78 is 9.85. The van der Waals surface area contributed by atoms with Crippen molar-refractivity contribution in [1.82, 2.24) is 4.90 Å². The maximum Gasteiger partial charge on any atom is 0.333 e. The first-order valence-electron chi connectivity index (χ1n) is 8.32. The first-order chi connectivity index (χ1) is 13.4. The molecule has 1 aliphatic heterocycles. The van der Waals surface area contributed by atoms with Gasteiger partial charge in [-0.1, -0.05) is 23.9 Å². The van der Waals surface area contributed by atoms with Gasteiger partial charge in [-0.05, 0) is 19.1 Å². The van der Waals surface area contributed by atoms with Crippen molar-refractivity contribution < 1.29 is 28.8 Å². The van der Waals surface area contributed by atoms with Crippen LogP contribution in [-0.2, 0) is 23.9 Å². The summed E-state index contributed by atoms with van der Waals surface area (Å²) in [6, 6.07) is 5.99. The highest BCUT2D eigenvalue weighted by Crippen LogP contribution is 2.28. The fourth-order valence-electron chi connectivity index (χ4n) is 2.29. The Kier molecular flexibility index (Phi) is 7.76. The molecule has 0 aromatic heterocycles. The van der Waals surface area contributed by atoms with E-state index < -0.39 is 16.9 Å². The molecular formula is C18H18N2O7S. The van der Waals surface area contributed by atoms with Crippen molar-refractivity contribution in [3.05, 3.63) is 57.1 Å². The van der Waals surface area contributed by atoms with E-state index in [1.165, 1.54) is 47.0 Å². The zero-order valence-electron chi connectivity index (χ0n) is 15.0. The minimum atomic E-state index is -0.701. The summed E-state index contributed by atoms with van der Waals surface area (Å²) >= 11 is 1.20. The molecule has 1 saturated heterocycles. The van der Waals surface area contributed by atoms with Crippen LogP contribution >= 0.6 is 11.8 Å². The molecule has 0 N–H and O–H groups in total. The number of hydrogen-bond donors (Lipinski definition) is 0. The summed E-state index contributed by atoms with van der Waals surface area (Å²) in [5.41, 5.74) is 0.148. The molecule has 1 heterocycles. The van der Waals surface area contributed by atoms with Crippen molar-refractivity contribution in [2.75, 3.05) is 25.5 Å². The number of esters is 2. The average Bonchev–Trinajstić information content (AvgIpc) is 3.00. The fraction of sp³-hybridized carbons (Fsp3) is 0.278. The molecule has 9 nitrogen and oxygen atoms in total. The number of ether oxygens (including phenoxy) is 2. The molecule has 0 spiro atoms. The summed E-state index contributed by atoms with van der Waals surface area (Å²) in [4.78, 5) is 47.0. The first-order valence-corrected chi connectivity index (χ1v) is 9.30. The highest BCUT2D eigenvalue weighted by molar-refractivity contribution is 8.04. The molecule has 0 unspecified atom stereocenters. The van der Waals surface area contributed by atoms with Gasteiger partial charge in [-0.25, -0.2) is 9.59 Å². The van der Waals surface area contributed by atoms with E-state index in [1.807, 2.05) is 0 Å². The van der Waals surface area contributed by atoms with Crippen molar-refractivity contribution in [2.45, 2.75) is 6.92 Å². The van der Waals surface area contributed by atoms with Crippen LogP contribution in [0.2, 0.25) is 0 Å². The van der Waals surface area contributed by atoms with Gasteiger partial charge in [0.1, 0.15) is 6.61 Å². The second-order valence-electron chi connectivity index (χ2n) is 5.39. The van der Waals surface area contributed by atoms with Gasteiger partial charge in [0, 0.05) is 12.1 Å². The van der Waals surface area contributed by atoms with Gasteiger partial charge in [0.05, 0.1) is 40.5 Å². The summed E-state index contributed by atoms with van der Waals surface area (Å²) in [6.45, 7) is 1.90. The van der Waals surface area contributed by atoms with Gasteiger partial charge in [0.15, 0.2) is 0 Å². The fourth-order valence-corrected chi connectivity index (χ4v) is 3.25. The standard InChI is InChI=1S/C18H18N2O7S/c1-2-26-18(23)11-16-19(15(21)12-28-16)9-10-27-17(22)8-7-13-5-3-4-6-14(13)20(24)25/h3-8,11H,2,9-10,12H2,1H3/b8-7+,16-11-. The minimum Gasteiger partial charge on any atom is -0.463 e. The lowest BCUT2D eigenvalue weighted by molar-refractivity contribution is -0.385. The van der Waals surface area contributed by atoms with Gasteiger partial charge in [-0.15, -0.1) is 0 Å². The second-order valence-corrected chi connectivity index (χ2v) is 6.38. The molecular weight excluding hydrogens is 388 g/mol. The number of carbonyl (C=O) groups is 3. The number of rotatable bonds is 8. The summed E-state index contributed by atoms with van der Waals surface area (Å²) in [6.07, 6.45) is 3.61. The monoisotopic (exact) mass is 406 g/mol. The Labute approximate surface area is 165 Å². The number of hydrogen-bond acceptors (Lipinski definition) is 8. The third kappa shape index (κ3) is 5.95. The SMILES string of the molecule is CCOC(=O)/C=C1\SCC(=O)N1CCOC(=O)/C=C/c1ccccc1[N+](=O)[O-]. The molecule has 0 bridgehead atoms. The van der Waals surface area contributed by atoms with E-state index in [0.29, 0.717) is 5.03 Å². The van der Waals surface area contributed by atoms with Crippen molar-refractivity contribution >= 4 is 41.4 Å². The highest BCUT2D eigenvalue weighted by Gasteiger charge is 2.27. The highest BCUT2D eigenvalue weighted by atomic mass is 32.2. The summed E-state index contributed by atoms with van der Waals surface area (Å²) in [5, 5.41) is 11.4. The van der Waals surface area contributed by atoms with E-state index in [4.69, 9.17) is 9.47 Å². The zero-order chi connectivity index (χ0) is 20.5. The average molecular weight is 406 g/mol. The van der Waals surface area contributed by atoms with Gasteiger partial charge < -0.3 is 14.4 Å². The molecule has 28 heavy (non-hydrogen) atoms. The molecule has 148 valence electrons. The van der Waals surface area contributed by atoms with Gasteiger partial charge in [0.25, 0.3) is 5.69 Å². The van der Waals surface area contributed by atoms with Gasteiger partial charge in [0.2, 0.25) is 5.91 Å². The molecule has 0 atom stereocenters. The molecule has 0 saturated carbocycles. The van der Waals surface area contributed by atoms with Crippen LogP contribution in [0.4, 0.5) is 5.69 Å².